The molecule has 2 amide bonds. The Kier molecular flexibility index (Phi) is 3.28. The van der Waals surface area contributed by atoms with Gasteiger partial charge in [-0.3, -0.25) is 9.59 Å². The molecule has 1 aromatic carbocycles. The summed E-state index contributed by atoms with van der Waals surface area (Å²) in [4.78, 5) is 23.8. The maximum Gasteiger partial charge on any atom is 0.232 e. The molecule has 1 aromatic rings. The van der Waals surface area contributed by atoms with Gasteiger partial charge < -0.3 is 10.2 Å². The lowest BCUT2D eigenvalue weighted by Crippen LogP contribution is -2.32. The Labute approximate surface area is 105 Å². The Bertz CT molecular complexity index is 521. The zero-order chi connectivity index (χ0) is 13.1. The average Bonchev–Trinajstić information content (AvgIpc) is 2.71. The van der Waals surface area contributed by atoms with E-state index in [0.717, 1.165) is 11.3 Å². The highest BCUT2D eigenvalue weighted by molar-refractivity contribution is 6.02. The number of para-hydroxylation sites is 1. The van der Waals surface area contributed by atoms with E-state index in [2.05, 4.69) is 5.32 Å². The maximum absolute atomic E-state index is 11.9. The number of carbonyl (C=O) groups excluding carboxylic acids is 2. The Morgan fingerprint density at radius 1 is 1.56 bits per heavy atom. The van der Waals surface area contributed by atoms with Crippen molar-refractivity contribution in [3.63, 3.8) is 0 Å². The van der Waals surface area contributed by atoms with Crippen LogP contribution in [0.15, 0.2) is 24.3 Å². The summed E-state index contributed by atoms with van der Waals surface area (Å²) in [7, 11) is 1.54. The van der Waals surface area contributed by atoms with Gasteiger partial charge in [0, 0.05) is 12.7 Å². The van der Waals surface area contributed by atoms with Crippen molar-refractivity contribution in [1.29, 1.82) is 5.26 Å². The van der Waals surface area contributed by atoms with Gasteiger partial charge >= 0.3 is 0 Å². The Balaban J connectivity index is 2.22. The van der Waals surface area contributed by atoms with Crippen LogP contribution >= 0.6 is 0 Å². The van der Waals surface area contributed by atoms with Gasteiger partial charge in [0.05, 0.1) is 12.0 Å². The fourth-order valence-electron chi connectivity index (χ4n) is 2.12. The van der Waals surface area contributed by atoms with E-state index < -0.39 is 6.04 Å². The predicted octanol–water partition coefficient (Wildman–Crippen LogP) is 1.09. The first kappa shape index (κ1) is 12.1. The fourth-order valence-corrected chi connectivity index (χ4v) is 2.12. The second-order valence-electron chi connectivity index (χ2n) is 4.28. The van der Waals surface area contributed by atoms with Gasteiger partial charge in [-0.05, 0) is 18.1 Å². The lowest BCUT2D eigenvalue weighted by molar-refractivity contribution is -0.120. The van der Waals surface area contributed by atoms with Crippen LogP contribution in [0, 0.1) is 11.3 Å². The first-order valence-corrected chi connectivity index (χ1v) is 5.64. The first-order valence-electron chi connectivity index (χ1n) is 5.64. The van der Waals surface area contributed by atoms with Crippen LogP contribution in [-0.2, 0) is 9.59 Å². The van der Waals surface area contributed by atoms with Gasteiger partial charge in [0.15, 0.2) is 0 Å². The molecule has 2 atom stereocenters. The normalized spacial score (nSPS) is 18.4. The lowest BCUT2D eigenvalue weighted by atomic mass is 9.93. The third kappa shape index (κ3) is 2.05. The summed E-state index contributed by atoms with van der Waals surface area (Å²) >= 11 is 0. The number of rotatable bonds is 4. The van der Waals surface area contributed by atoms with Crippen molar-refractivity contribution >= 4 is 18.0 Å². The zero-order valence-corrected chi connectivity index (χ0v) is 9.96. The van der Waals surface area contributed by atoms with Crippen molar-refractivity contribution in [2.75, 3.05) is 12.4 Å². The van der Waals surface area contributed by atoms with Crippen molar-refractivity contribution in [1.82, 2.24) is 4.90 Å². The minimum Gasteiger partial charge on any atom is -0.332 e. The highest BCUT2D eigenvalue weighted by atomic mass is 16.2. The molecule has 92 valence electrons. The van der Waals surface area contributed by atoms with Crippen LogP contribution in [-0.4, -0.2) is 30.3 Å². The number of nitrogens with zero attached hydrogens (tertiary/aromatic N) is 2. The van der Waals surface area contributed by atoms with Crippen molar-refractivity contribution in [3.05, 3.63) is 29.8 Å². The third-order valence-electron chi connectivity index (χ3n) is 3.18. The molecule has 1 unspecified atom stereocenters. The topological polar surface area (TPSA) is 73.2 Å². The minimum atomic E-state index is -0.593. The van der Waals surface area contributed by atoms with Crippen LogP contribution in [0.2, 0.25) is 0 Å². The van der Waals surface area contributed by atoms with E-state index >= 15 is 0 Å². The van der Waals surface area contributed by atoms with E-state index in [0.29, 0.717) is 12.8 Å². The first-order chi connectivity index (χ1) is 8.67. The van der Waals surface area contributed by atoms with Crippen LogP contribution in [0.4, 0.5) is 5.69 Å². The predicted molar refractivity (Wildman–Crippen MR) is 65.7 cm³/mol. The highest BCUT2D eigenvalue weighted by Gasteiger charge is 2.33. The quantitative estimate of drug-likeness (QED) is 0.804. The molecule has 0 aromatic heterocycles. The number of nitriles is 1. The average molecular weight is 243 g/mol. The van der Waals surface area contributed by atoms with Gasteiger partial charge in [0.1, 0.15) is 6.04 Å². The molecule has 1 heterocycles. The number of anilines is 1. The summed E-state index contributed by atoms with van der Waals surface area (Å²) < 4.78 is 0. The number of amides is 2. The largest absolute Gasteiger partial charge is 0.332 e. The van der Waals surface area contributed by atoms with Crippen LogP contribution in [0.3, 0.4) is 0 Å². The number of fused-ring (bicyclic) bond motifs is 1. The number of nitrogens with one attached hydrogen (secondary N) is 1. The summed E-state index contributed by atoms with van der Waals surface area (Å²) in [5.74, 6) is -0.482. The standard InChI is InChI=1S/C13H13N3O2/c1-16(8-17)9(7-14)6-11-10-4-2-3-5-12(10)15-13(11)18/h2-5,8-9,11H,6H2,1H3,(H,15,18)/t9-,11?/m0/s1. The van der Waals surface area contributed by atoms with Crippen molar-refractivity contribution in [2.45, 2.75) is 18.4 Å². The lowest BCUT2D eigenvalue weighted by Gasteiger charge is -2.20. The molecule has 0 saturated carbocycles. The SMILES string of the molecule is CN(C=O)[C@H](C#N)CC1C(=O)Nc2ccccc21. The summed E-state index contributed by atoms with van der Waals surface area (Å²) in [6, 6.07) is 8.86. The molecule has 1 aliphatic rings. The van der Waals surface area contributed by atoms with Gasteiger partial charge in [0.2, 0.25) is 12.3 Å². The number of hydrogen-bond acceptors (Lipinski definition) is 3. The van der Waals surface area contributed by atoms with Gasteiger partial charge in [-0.2, -0.15) is 5.26 Å². The molecule has 18 heavy (non-hydrogen) atoms. The molecular weight excluding hydrogens is 230 g/mol. The van der Waals surface area contributed by atoms with E-state index in [9.17, 15) is 9.59 Å². The Hall–Kier alpha value is -2.35. The molecule has 1 N–H and O–H groups in total. The van der Waals surface area contributed by atoms with Gasteiger partial charge in [-0.15, -0.1) is 0 Å². The molecule has 1 aliphatic heterocycles. The smallest absolute Gasteiger partial charge is 0.232 e. The number of hydrogen-bond donors (Lipinski definition) is 1. The fraction of sp³-hybridized carbons (Fsp3) is 0.308. The molecule has 2 rings (SSSR count). The highest BCUT2D eigenvalue weighted by Crippen LogP contribution is 2.35. The second kappa shape index (κ2) is 4.88. The molecule has 5 heteroatoms. The zero-order valence-electron chi connectivity index (χ0n) is 9.96. The van der Waals surface area contributed by atoms with Crippen LogP contribution in [0.25, 0.3) is 0 Å². The molecule has 0 aliphatic carbocycles. The molecule has 0 saturated heterocycles. The second-order valence-corrected chi connectivity index (χ2v) is 4.28. The summed E-state index contributed by atoms with van der Waals surface area (Å²) in [6.45, 7) is 0. The molecule has 0 fully saturated rings. The van der Waals surface area contributed by atoms with E-state index in [1.807, 2.05) is 30.3 Å². The van der Waals surface area contributed by atoms with Crippen molar-refractivity contribution < 1.29 is 9.59 Å². The van der Waals surface area contributed by atoms with E-state index in [1.54, 1.807) is 7.05 Å². The molecule has 5 nitrogen and oxygen atoms in total. The summed E-state index contributed by atoms with van der Waals surface area (Å²) in [5.41, 5.74) is 1.68. The number of carbonyl (C=O) groups is 2. The minimum absolute atomic E-state index is 0.115. The van der Waals surface area contributed by atoms with Crippen LogP contribution in [0.5, 0.6) is 0 Å². The van der Waals surface area contributed by atoms with Crippen LogP contribution in [0.1, 0.15) is 17.9 Å². The third-order valence-corrected chi connectivity index (χ3v) is 3.18. The molecule has 0 radical (unpaired) electrons. The Morgan fingerprint density at radius 2 is 2.28 bits per heavy atom. The van der Waals surface area contributed by atoms with E-state index in [-0.39, 0.29) is 11.8 Å². The molecule has 0 bridgehead atoms. The van der Waals surface area contributed by atoms with Gasteiger partial charge in [-0.1, -0.05) is 18.2 Å². The molecule has 0 spiro atoms. The van der Waals surface area contributed by atoms with Crippen LogP contribution < -0.4 is 5.32 Å². The maximum atomic E-state index is 11.9. The van der Waals surface area contributed by atoms with Gasteiger partial charge in [0.25, 0.3) is 0 Å². The monoisotopic (exact) mass is 243 g/mol. The molecular formula is C13H13N3O2. The Morgan fingerprint density at radius 3 is 2.94 bits per heavy atom. The van der Waals surface area contributed by atoms with Crippen molar-refractivity contribution in [3.8, 4) is 6.07 Å². The summed E-state index contributed by atoms with van der Waals surface area (Å²) in [5, 5.41) is 11.8. The van der Waals surface area contributed by atoms with E-state index in [1.165, 1.54) is 4.90 Å². The van der Waals surface area contributed by atoms with Crippen molar-refractivity contribution in [2.24, 2.45) is 0 Å². The summed E-state index contributed by atoms with van der Waals surface area (Å²) in [6.07, 6.45) is 0.918. The van der Waals surface area contributed by atoms with Gasteiger partial charge in [-0.25, -0.2) is 0 Å². The van der Waals surface area contributed by atoms with E-state index in [4.69, 9.17) is 5.26 Å². The number of benzene rings is 1.